The molecule has 1 aromatic carbocycles. The smallest absolute Gasteiger partial charge is 0.335 e. The number of carbonyl (C=O) groups is 2. The minimum Gasteiger partial charge on any atom is -0.629 e. The van der Waals surface area contributed by atoms with E-state index < -0.39 is 11.9 Å². The number of aromatic carboxylic acids is 2. The van der Waals surface area contributed by atoms with Gasteiger partial charge < -0.3 is 20.5 Å². The molecule has 0 saturated carbocycles. The molecule has 1 aromatic rings. The fourth-order valence-electron chi connectivity index (χ4n) is 1.62. The lowest BCUT2D eigenvalue weighted by Crippen LogP contribution is -3.00. The molecule has 3 N–H and O–H groups in total. The standard InChI is InChI=1S/C9H8O4.C4H7NO/c1-5-6(8(10)11)3-2-4-7(5)9(12)13;6-5-3-1-2-4-5/h2-4H,1H3,(H,10,11)(H,12,13);1,3,5H,2,4H2. The third-order valence-corrected chi connectivity index (χ3v) is 2.66. The Labute approximate surface area is 110 Å². The molecule has 1 atom stereocenters. The zero-order valence-corrected chi connectivity index (χ0v) is 10.4. The van der Waals surface area contributed by atoms with Crippen molar-refractivity contribution in [3.8, 4) is 0 Å². The number of carboxylic acid groups (broad SMARTS) is 2. The van der Waals surface area contributed by atoms with Crippen LogP contribution in [-0.4, -0.2) is 28.7 Å². The second-order valence-electron chi connectivity index (χ2n) is 4.00. The van der Waals surface area contributed by atoms with Gasteiger partial charge in [-0.1, -0.05) is 6.07 Å². The molecule has 0 radical (unpaired) electrons. The van der Waals surface area contributed by atoms with Crippen molar-refractivity contribution in [3.05, 3.63) is 52.4 Å². The van der Waals surface area contributed by atoms with E-state index in [1.807, 2.05) is 6.08 Å². The Balaban J connectivity index is 0.000000250. The van der Waals surface area contributed by atoms with E-state index in [-0.39, 0.29) is 21.8 Å². The molecule has 0 amide bonds. The summed E-state index contributed by atoms with van der Waals surface area (Å²) in [6, 6.07) is 4.17. The van der Waals surface area contributed by atoms with Crippen molar-refractivity contribution in [2.45, 2.75) is 13.3 Å². The van der Waals surface area contributed by atoms with Gasteiger partial charge in [0.1, 0.15) is 0 Å². The minimum atomic E-state index is -1.11. The van der Waals surface area contributed by atoms with Crippen LogP contribution in [0.1, 0.15) is 32.7 Å². The van der Waals surface area contributed by atoms with Crippen LogP contribution in [0.15, 0.2) is 30.5 Å². The lowest BCUT2D eigenvalue weighted by molar-refractivity contribution is -0.784. The molecule has 1 aliphatic rings. The van der Waals surface area contributed by atoms with Gasteiger partial charge in [0.2, 0.25) is 0 Å². The predicted octanol–water partition coefficient (Wildman–Crippen LogP) is 0.678. The van der Waals surface area contributed by atoms with E-state index in [0.717, 1.165) is 13.0 Å². The third-order valence-electron chi connectivity index (χ3n) is 2.66. The van der Waals surface area contributed by atoms with E-state index in [4.69, 9.17) is 10.2 Å². The Morgan fingerprint density at radius 3 is 2.00 bits per heavy atom. The van der Waals surface area contributed by atoms with Crippen LogP contribution in [0, 0.1) is 12.1 Å². The summed E-state index contributed by atoms with van der Waals surface area (Å²) in [4.78, 5) is 21.2. The number of carboxylic acids is 2. The van der Waals surface area contributed by atoms with Gasteiger partial charge in [-0.2, -0.15) is 0 Å². The minimum absolute atomic E-state index is 0.0277. The molecule has 6 nitrogen and oxygen atoms in total. The Hall–Kier alpha value is -2.18. The van der Waals surface area contributed by atoms with Gasteiger partial charge in [-0.25, -0.2) is 9.59 Å². The van der Waals surface area contributed by atoms with Gasteiger partial charge in [0.15, 0.2) is 0 Å². The third kappa shape index (κ3) is 4.20. The first-order valence-electron chi connectivity index (χ1n) is 5.69. The lowest BCUT2D eigenvalue weighted by atomic mass is 10.0. The Morgan fingerprint density at radius 1 is 1.21 bits per heavy atom. The maximum atomic E-state index is 10.6. The zero-order chi connectivity index (χ0) is 14.4. The van der Waals surface area contributed by atoms with E-state index in [0.29, 0.717) is 0 Å². The topological polar surface area (TPSA) is 102 Å². The van der Waals surface area contributed by atoms with Crippen LogP contribution in [0.4, 0.5) is 0 Å². The molecule has 6 heteroatoms. The van der Waals surface area contributed by atoms with Crippen LogP contribution < -0.4 is 5.06 Å². The summed E-state index contributed by atoms with van der Waals surface area (Å²) in [6.07, 6.45) is 4.50. The molecule has 0 fully saturated rings. The van der Waals surface area contributed by atoms with E-state index in [9.17, 15) is 14.8 Å². The maximum absolute atomic E-state index is 10.6. The van der Waals surface area contributed by atoms with Gasteiger partial charge in [0, 0.05) is 6.42 Å². The van der Waals surface area contributed by atoms with Crippen molar-refractivity contribution in [3.63, 3.8) is 0 Å². The first kappa shape index (κ1) is 14.9. The number of benzene rings is 1. The molecule has 1 aliphatic heterocycles. The van der Waals surface area contributed by atoms with Crippen LogP contribution in [0.5, 0.6) is 0 Å². The molecule has 0 bridgehead atoms. The van der Waals surface area contributed by atoms with Gasteiger partial charge in [-0.05, 0) is 30.7 Å². The molecule has 0 spiro atoms. The van der Waals surface area contributed by atoms with Crippen LogP contribution >= 0.6 is 0 Å². The number of rotatable bonds is 2. The summed E-state index contributed by atoms with van der Waals surface area (Å²) in [5.74, 6) is -2.22. The van der Waals surface area contributed by atoms with Crippen molar-refractivity contribution in [2.75, 3.05) is 6.54 Å². The van der Waals surface area contributed by atoms with Crippen molar-refractivity contribution in [1.29, 1.82) is 0 Å². The number of hydroxylamine groups is 2. The van der Waals surface area contributed by atoms with Crippen molar-refractivity contribution >= 4 is 11.9 Å². The fraction of sp³-hybridized carbons (Fsp3) is 0.231. The summed E-state index contributed by atoms with van der Waals surface area (Å²) in [5, 5.41) is 27.8. The normalized spacial score (nSPS) is 16.6. The largest absolute Gasteiger partial charge is 0.629 e. The van der Waals surface area contributed by atoms with Crippen molar-refractivity contribution in [2.24, 2.45) is 0 Å². The molecule has 0 saturated heterocycles. The van der Waals surface area contributed by atoms with Crippen LogP contribution in [0.25, 0.3) is 0 Å². The molecule has 0 aromatic heterocycles. The van der Waals surface area contributed by atoms with Crippen LogP contribution in [0.2, 0.25) is 0 Å². The van der Waals surface area contributed by atoms with Gasteiger partial charge in [0.05, 0.1) is 23.9 Å². The number of nitrogens with one attached hydrogen (secondary N) is 1. The van der Waals surface area contributed by atoms with Gasteiger partial charge >= 0.3 is 11.9 Å². The summed E-state index contributed by atoms with van der Waals surface area (Å²) >= 11 is 0. The van der Waals surface area contributed by atoms with Crippen LogP contribution in [-0.2, 0) is 0 Å². The molecular formula is C13H15NO5. The highest BCUT2D eigenvalue weighted by Crippen LogP contribution is 2.13. The molecule has 1 unspecified atom stereocenters. The van der Waals surface area contributed by atoms with E-state index in [1.54, 1.807) is 6.20 Å². The molecular weight excluding hydrogens is 250 g/mol. The highest BCUT2D eigenvalue weighted by atomic mass is 16.5. The first-order chi connectivity index (χ1) is 8.93. The number of hydrogen-bond acceptors (Lipinski definition) is 3. The second-order valence-corrected chi connectivity index (χ2v) is 4.00. The molecule has 2 rings (SSSR count). The average Bonchev–Trinajstić information content (AvgIpc) is 2.80. The van der Waals surface area contributed by atoms with E-state index in [2.05, 4.69) is 0 Å². The van der Waals surface area contributed by atoms with Gasteiger partial charge in [0.25, 0.3) is 0 Å². The zero-order valence-electron chi connectivity index (χ0n) is 10.4. The number of quaternary nitrogens is 1. The lowest BCUT2D eigenvalue weighted by Gasteiger charge is -2.08. The molecule has 102 valence electrons. The SMILES string of the molecule is Cc1c(C(=O)O)cccc1C(=O)O.[O-][NH+]1C=CCC1. The van der Waals surface area contributed by atoms with Crippen LogP contribution in [0.3, 0.4) is 0 Å². The Kier molecular flexibility index (Phi) is 5.23. The Morgan fingerprint density at radius 2 is 1.74 bits per heavy atom. The van der Waals surface area contributed by atoms with E-state index >= 15 is 0 Å². The second kappa shape index (κ2) is 6.67. The molecule has 19 heavy (non-hydrogen) atoms. The highest BCUT2D eigenvalue weighted by molar-refractivity contribution is 5.96. The van der Waals surface area contributed by atoms with Crippen molar-refractivity contribution in [1.82, 2.24) is 0 Å². The summed E-state index contributed by atoms with van der Waals surface area (Å²) in [5.41, 5.74) is 0.335. The van der Waals surface area contributed by atoms with E-state index in [1.165, 1.54) is 25.1 Å². The first-order valence-corrected chi connectivity index (χ1v) is 5.69. The van der Waals surface area contributed by atoms with Crippen molar-refractivity contribution < 1.29 is 24.9 Å². The summed E-state index contributed by atoms with van der Waals surface area (Å²) < 4.78 is 0. The molecule has 1 heterocycles. The average molecular weight is 265 g/mol. The molecule has 0 aliphatic carbocycles. The summed E-state index contributed by atoms with van der Waals surface area (Å²) in [6.45, 7) is 2.22. The Bertz CT molecular complexity index is 478. The number of hydrogen-bond donors (Lipinski definition) is 3. The summed E-state index contributed by atoms with van der Waals surface area (Å²) in [7, 11) is 0. The predicted molar refractivity (Wildman–Crippen MR) is 68.1 cm³/mol. The fourth-order valence-corrected chi connectivity index (χ4v) is 1.62. The van der Waals surface area contributed by atoms with Gasteiger partial charge in [-0.3, -0.25) is 0 Å². The quantitative estimate of drug-likeness (QED) is 0.682. The van der Waals surface area contributed by atoms with Gasteiger partial charge in [-0.15, -0.1) is 0 Å². The monoisotopic (exact) mass is 265 g/mol. The highest BCUT2D eigenvalue weighted by Gasteiger charge is 2.13. The maximum Gasteiger partial charge on any atom is 0.335 e.